The first-order chi connectivity index (χ1) is 10.7. The average molecular weight is 305 g/mol. The number of likely N-dealkylation sites (N-methyl/N-ethyl adjacent to an activating group) is 1. The monoisotopic (exact) mass is 305 g/mol. The van der Waals surface area contributed by atoms with Gasteiger partial charge < -0.3 is 15.4 Å². The number of nitrogens with zero attached hydrogens (tertiary/aromatic N) is 2. The normalized spacial score (nSPS) is 18.4. The summed E-state index contributed by atoms with van der Waals surface area (Å²) in [6, 6.07) is 10.2. The zero-order chi connectivity index (χ0) is 15.8. The molecule has 0 unspecified atom stereocenters. The maximum absolute atomic E-state index is 12.3. The molecule has 0 saturated carbocycles. The van der Waals surface area contributed by atoms with Crippen LogP contribution in [0, 0.1) is 0 Å². The van der Waals surface area contributed by atoms with Crippen LogP contribution in [0.2, 0.25) is 0 Å². The van der Waals surface area contributed by atoms with E-state index in [1.807, 2.05) is 37.3 Å². The third kappa shape index (κ3) is 4.71. The molecule has 0 aromatic heterocycles. The molecule has 0 spiro atoms. The molecule has 122 valence electrons. The molecule has 1 aromatic carbocycles. The summed E-state index contributed by atoms with van der Waals surface area (Å²) >= 11 is 0. The minimum Gasteiger partial charge on any atom is -0.445 e. The van der Waals surface area contributed by atoms with Crippen LogP contribution in [-0.4, -0.2) is 54.7 Å². The molecule has 5 nitrogen and oxygen atoms in total. The Kier molecular flexibility index (Phi) is 6.68. The van der Waals surface area contributed by atoms with Crippen molar-refractivity contribution < 1.29 is 9.53 Å². The summed E-state index contributed by atoms with van der Waals surface area (Å²) in [5.41, 5.74) is 6.67. The maximum Gasteiger partial charge on any atom is 0.410 e. The molecule has 1 heterocycles. The summed E-state index contributed by atoms with van der Waals surface area (Å²) in [7, 11) is 0. The Morgan fingerprint density at radius 1 is 1.41 bits per heavy atom. The Labute approximate surface area is 133 Å². The number of hydrogen-bond donors (Lipinski definition) is 1. The summed E-state index contributed by atoms with van der Waals surface area (Å²) in [4.78, 5) is 16.4. The first kappa shape index (κ1) is 16.8. The Morgan fingerprint density at radius 2 is 2.18 bits per heavy atom. The molecular formula is C17H27N3O2. The SMILES string of the molecule is CCN(C[C@H]1CCCN1CCN)C(=O)OCc1ccccc1. The summed E-state index contributed by atoms with van der Waals surface area (Å²) in [5.74, 6) is 0. The average Bonchev–Trinajstić information content (AvgIpc) is 2.98. The van der Waals surface area contributed by atoms with Gasteiger partial charge >= 0.3 is 6.09 Å². The highest BCUT2D eigenvalue weighted by Crippen LogP contribution is 2.18. The van der Waals surface area contributed by atoms with Gasteiger partial charge in [0.1, 0.15) is 6.61 Å². The lowest BCUT2D eigenvalue weighted by Gasteiger charge is -2.29. The molecule has 5 heteroatoms. The van der Waals surface area contributed by atoms with Crippen molar-refractivity contribution in [2.75, 3.05) is 32.7 Å². The molecule has 2 N–H and O–H groups in total. The number of ether oxygens (including phenoxy) is 1. The van der Waals surface area contributed by atoms with E-state index < -0.39 is 0 Å². The highest BCUT2D eigenvalue weighted by atomic mass is 16.6. The lowest BCUT2D eigenvalue weighted by Crippen LogP contribution is -2.44. The summed E-state index contributed by atoms with van der Waals surface area (Å²) in [6.45, 7) is 6.37. The van der Waals surface area contributed by atoms with Crippen LogP contribution in [0.5, 0.6) is 0 Å². The van der Waals surface area contributed by atoms with E-state index in [1.165, 1.54) is 6.42 Å². The zero-order valence-electron chi connectivity index (χ0n) is 13.4. The number of likely N-dealkylation sites (tertiary alicyclic amines) is 1. The molecular weight excluding hydrogens is 278 g/mol. The van der Waals surface area contributed by atoms with Crippen LogP contribution in [0.15, 0.2) is 30.3 Å². The fraction of sp³-hybridized carbons (Fsp3) is 0.588. The van der Waals surface area contributed by atoms with Gasteiger partial charge in [0.05, 0.1) is 0 Å². The third-order valence-corrected chi connectivity index (χ3v) is 4.19. The quantitative estimate of drug-likeness (QED) is 0.838. The predicted molar refractivity (Wildman–Crippen MR) is 87.5 cm³/mol. The summed E-state index contributed by atoms with van der Waals surface area (Å²) in [6.07, 6.45) is 2.08. The van der Waals surface area contributed by atoms with E-state index in [4.69, 9.17) is 10.5 Å². The molecule has 1 fully saturated rings. The fourth-order valence-electron chi connectivity index (χ4n) is 2.96. The summed E-state index contributed by atoms with van der Waals surface area (Å²) < 4.78 is 5.43. The molecule has 1 aliphatic rings. The van der Waals surface area contributed by atoms with E-state index in [-0.39, 0.29) is 6.09 Å². The van der Waals surface area contributed by atoms with Gasteiger partial charge in [-0.05, 0) is 31.9 Å². The van der Waals surface area contributed by atoms with E-state index >= 15 is 0 Å². The highest BCUT2D eigenvalue weighted by Gasteiger charge is 2.27. The Bertz CT molecular complexity index is 452. The van der Waals surface area contributed by atoms with Gasteiger partial charge in [0, 0.05) is 32.2 Å². The van der Waals surface area contributed by atoms with Gasteiger partial charge in [-0.2, -0.15) is 0 Å². The second kappa shape index (κ2) is 8.76. The third-order valence-electron chi connectivity index (χ3n) is 4.19. The number of hydrogen-bond acceptors (Lipinski definition) is 4. The molecule has 1 amide bonds. The second-order valence-corrected chi connectivity index (χ2v) is 5.70. The largest absolute Gasteiger partial charge is 0.445 e. The van der Waals surface area contributed by atoms with E-state index in [9.17, 15) is 4.79 Å². The molecule has 0 radical (unpaired) electrons. The maximum atomic E-state index is 12.3. The van der Waals surface area contributed by atoms with Crippen LogP contribution in [-0.2, 0) is 11.3 Å². The number of nitrogens with two attached hydrogens (primary N) is 1. The fourth-order valence-corrected chi connectivity index (χ4v) is 2.96. The van der Waals surface area contributed by atoms with Crippen molar-refractivity contribution in [3.05, 3.63) is 35.9 Å². The first-order valence-electron chi connectivity index (χ1n) is 8.14. The van der Waals surface area contributed by atoms with E-state index in [1.54, 1.807) is 4.90 Å². The Hall–Kier alpha value is -1.59. The van der Waals surface area contributed by atoms with Gasteiger partial charge in [0.25, 0.3) is 0 Å². The minimum absolute atomic E-state index is 0.231. The molecule has 1 aliphatic heterocycles. The summed E-state index contributed by atoms with van der Waals surface area (Å²) in [5, 5.41) is 0. The predicted octanol–water partition coefficient (Wildman–Crippen LogP) is 2.07. The van der Waals surface area contributed by atoms with Crippen molar-refractivity contribution >= 4 is 6.09 Å². The number of benzene rings is 1. The molecule has 1 saturated heterocycles. The van der Waals surface area contributed by atoms with Gasteiger partial charge in [0.2, 0.25) is 0 Å². The van der Waals surface area contributed by atoms with Crippen LogP contribution in [0.3, 0.4) is 0 Å². The van der Waals surface area contributed by atoms with Crippen molar-refractivity contribution in [3.8, 4) is 0 Å². The van der Waals surface area contributed by atoms with Crippen molar-refractivity contribution in [2.45, 2.75) is 32.4 Å². The number of carbonyl (C=O) groups excluding carboxylic acids is 1. The van der Waals surface area contributed by atoms with Gasteiger partial charge in [-0.3, -0.25) is 4.90 Å². The number of amides is 1. The lowest BCUT2D eigenvalue weighted by atomic mass is 10.2. The van der Waals surface area contributed by atoms with Gasteiger partial charge in [0.15, 0.2) is 0 Å². The van der Waals surface area contributed by atoms with Crippen molar-refractivity contribution in [1.29, 1.82) is 0 Å². The standard InChI is InChI=1S/C17H27N3O2/c1-2-19(13-16-9-6-11-20(16)12-10-18)17(21)22-14-15-7-4-3-5-8-15/h3-5,7-8,16H,2,6,9-14,18H2,1H3/t16-/m1/s1. The lowest BCUT2D eigenvalue weighted by molar-refractivity contribution is 0.0872. The van der Waals surface area contributed by atoms with Crippen molar-refractivity contribution in [2.24, 2.45) is 5.73 Å². The number of carbonyl (C=O) groups is 1. The Morgan fingerprint density at radius 3 is 2.86 bits per heavy atom. The van der Waals surface area contributed by atoms with Crippen molar-refractivity contribution in [3.63, 3.8) is 0 Å². The number of rotatable bonds is 7. The van der Waals surface area contributed by atoms with Crippen LogP contribution in [0.4, 0.5) is 4.79 Å². The molecule has 22 heavy (non-hydrogen) atoms. The van der Waals surface area contributed by atoms with Gasteiger partial charge in [-0.25, -0.2) is 4.79 Å². The first-order valence-corrected chi connectivity index (χ1v) is 8.14. The van der Waals surface area contributed by atoms with Gasteiger partial charge in [-0.1, -0.05) is 30.3 Å². The molecule has 1 aromatic rings. The van der Waals surface area contributed by atoms with Crippen molar-refractivity contribution in [1.82, 2.24) is 9.80 Å². The smallest absolute Gasteiger partial charge is 0.410 e. The topological polar surface area (TPSA) is 58.8 Å². The molecule has 0 bridgehead atoms. The van der Waals surface area contributed by atoms with Crippen LogP contribution >= 0.6 is 0 Å². The van der Waals surface area contributed by atoms with Crippen LogP contribution < -0.4 is 5.73 Å². The van der Waals surface area contributed by atoms with Crippen LogP contribution in [0.1, 0.15) is 25.3 Å². The Balaban J connectivity index is 1.83. The molecule has 2 rings (SSSR count). The zero-order valence-corrected chi connectivity index (χ0v) is 13.4. The highest BCUT2D eigenvalue weighted by molar-refractivity contribution is 5.67. The molecule has 0 aliphatic carbocycles. The molecule has 1 atom stereocenters. The van der Waals surface area contributed by atoms with E-state index in [2.05, 4.69) is 4.90 Å². The second-order valence-electron chi connectivity index (χ2n) is 5.70. The van der Waals surface area contributed by atoms with Gasteiger partial charge in [-0.15, -0.1) is 0 Å². The van der Waals surface area contributed by atoms with E-state index in [0.717, 1.165) is 31.6 Å². The van der Waals surface area contributed by atoms with E-state index in [0.29, 0.717) is 25.7 Å². The minimum atomic E-state index is -0.231. The van der Waals surface area contributed by atoms with Crippen LogP contribution in [0.25, 0.3) is 0 Å².